The fraction of sp³-hybridized carbons (Fsp3) is 0.350. The first-order valence-electron chi connectivity index (χ1n) is 9.04. The Morgan fingerprint density at radius 2 is 1.63 bits per heavy atom. The topological polar surface area (TPSA) is 54.0 Å². The van der Waals surface area contributed by atoms with E-state index in [1.54, 1.807) is 12.1 Å². The van der Waals surface area contributed by atoms with Gasteiger partial charge < -0.3 is 24.6 Å². The maximum Gasteiger partial charge on any atom is 0.256 e. The molecule has 6 nitrogen and oxygen atoms in total. The standard InChI is InChI=1S/C20H22BrN3O3/c1-23-6-8-24(9-7-23)15-4-2-14(3-5-15)22-20(25)16-12-18-19(13-17(16)21)27-11-10-26-18/h2-5,12-13H,6-11H2,1H3,(H,22,25). The van der Waals surface area contributed by atoms with Gasteiger partial charge in [-0.15, -0.1) is 0 Å². The van der Waals surface area contributed by atoms with Crippen molar-refractivity contribution in [2.75, 3.05) is 56.7 Å². The lowest BCUT2D eigenvalue weighted by Crippen LogP contribution is -2.44. The number of halogens is 1. The minimum absolute atomic E-state index is 0.189. The first-order valence-corrected chi connectivity index (χ1v) is 9.83. The molecule has 2 aromatic carbocycles. The van der Waals surface area contributed by atoms with Crippen molar-refractivity contribution in [3.8, 4) is 11.5 Å². The molecule has 2 aromatic rings. The summed E-state index contributed by atoms with van der Waals surface area (Å²) in [5.41, 5.74) is 2.46. The van der Waals surface area contributed by atoms with Gasteiger partial charge in [-0.05, 0) is 59.4 Å². The minimum atomic E-state index is -0.189. The molecule has 0 aliphatic carbocycles. The quantitative estimate of drug-likeness (QED) is 0.808. The van der Waals surface area contributed by atoms with Crippen molar-refractivity contribution in [3.63, 3.8) is 0 Å². The highest BCUT2D eigenvalue weighted by Gasteiger charge is 2.19. The number of amides is 1. The normalized spacial score (nSPS) is 16.9. The third-order valence-corrected chi connectivity index (χ3v) is 5.53. The number of anilines is 2. The highest BCUT2D eigenvalue weighted by atomic mass is 79.9. The molecule has 0 bridgehead atoms. The molecule has 2 aliphatic rings. The maximum absolute atomic E-state index is 12.7. The van der Waals surface area contributed by atoms with Crippen LogP contribution in [0.25, 0.3) is 0 Å². The average Bonchev–Trinajstić information content (AvgIpc) is 2.68. The first-order chi connectivity index (χ1) is 13.1. The first kappa shape index (κ1) is 18.1. The van der Waals surface area contributed by atoms with Crippen LogP contribution in [-0.2, 0) is 0 Å². The molecule has 0 unspecified atom stereocenters. The molecule has 142 valence electrons. The number of likely N-dealkylation sites (N-methyl/N-ethyl adjacent to an activating group) is 1. The summed E-state index contributed by atoms with van der Waals surface area (Å²) in [5.74, 6) is 1.06. The molecule has 2 heterocycles. The summed E-state index contributed by atoms with van der Waals surface area (Å²) in [4.78, 5) is 17.4. The van der Waals surface area contributed by atoms with Gasteiger partial charge in [-0.1, -0.05) is 0 Å². The summed E-state index contributed by atoms with van der Waals surface area (Å²) in [6.45, 7) is 5.18. The number of hydrogen-bond acceptors (Lipinski definition) is 5. The zero-order chi connectivity index (χ0) is 18.8. The van der Waals surface area contributed by atoms with Crippen LogP contribution in [-0.4, -0.2) is 57.2 Å². The highest BCUT2D eigenvalue weighted by Crippen LogP contribution is 2.35. The fourth-order valence-corrected chi connectivity index (χ4v) is 3.76. The van der Waals surface area contributed by atoms with Crippen LogP contribution in [0.15, 0.2) is 40.9 Å². The van der Waals surface area contributed by atoms with Gasteiger partial charge in [0, 0.05) is 42.0 Å². The van der Waals surface area contributed by atoms with E-state index in [0.717, 1.165) is 31.9 Å². The lowest BCUT2D eigenvalue weighted by molar-refractivity contribution is 0.102. The van der Waals surface area contributed by atoms with Crippen LogP contribution in [0.2, 0.25) is 0 Å². The van der Waals surface area contributed by atoms with Crippen LogP contribution in [0.1, 0.15) is 10.4 Å². The second-order valence-electron chi connectivity index (χ2n) is 6.77. The number of hydrogen-bond donors (Lipinski definition) is 1. The number of piperazine rings is 1. The third kappa shape index (κ3) is 4.04. The number of nitrogens with one attached hydrogen (secondary N) is 1. The van der Waals surface area contributed by atoms with Gasteiger partial charge in [0.25, 0.3) is 5.91 Å². The van der Waals surface area contributed by atoms with Crippen LogP contribution in [0.5, 0.6) is 11.5 Å². The monoisotopic (exact) mass is 431 g/mol. The lowest BCUT2D eigenvalue weighted by atomic mass is 10.1. The van der Waals surface area contributed by atoms with Gasteiger partial charge in [-0.2, -0.15) is 0 Å². The van der Waals surface area contributed by atoms with E-state index >= 15 is 0 Å². The number of carbonyl (C=O) groups excluding carboxylic acids is 1. The Hall–Kier alpha value is -2.25. The molecular formula is C20H22BrN3O3. The zero-order valence-electron chi connectivity index (χ0n) is 15.2. The Kier molecular flexibility index (Phi) is 5.22. The Morgan fingerprint density at radius 1 is 1.00 bits per heavy atom. The number of ether oxygens (including phenoxy) is 2. The number of benzene rings is 2. The molecule has 1 fully saturated rings. The molecule has 7 heteroatoms. The van der Waals surface area contributed by atoms with Crippen molar-refractivity contribution in [1.29, 1.82) is 0 Å². The molecule has 0 radical (unpaired) electrons. The van der Waals surface area contributed by atoms with Gasteiger partial charge in [0.2, 0.25) is 0 Å². The van der Waals surface area contributed by atoms with Crippen LogP contribution in [0, 0.1) is 0 Å². The zero-order valence-corrected chi connectivity index (χ0v) is 16.8. The van der Waals surface area contributed by atoms with E-state index in [1.165, 1.54) is 5.69 Å². The van der Waals surface area contributed by atoms with Crippen LogP contribution in [0.4, 0.5) is 11.4 Å². The van der Waals surface area contributed by atoms with E-state index in [4.69, 9.17) is 9.47 Å². The summed E-state index contributed by atoms with van der Waals surface area (Å²) in [7, 11) is 2.14. The molecule has 2 aliphatic heterocycles. The predicted octanol–water partition coefficient (Wildman–Crippen LogP) is 3.22. The molecule has 4 rings (SSSR count). The summed E-state index contributed by atoms with van der Waals surface area (Å²) in [6.07, 6.45) is 0. The summed E-state index contributed by atoms with van der Waals surface area (Å²) < 4.78 is 11.8. The molecular weight excluding hydrogens is 410 g/mol. The molecule has 0 saturated carbocycles. The minimum Gasteiger partial charge on any atom is -0.486 e. The SMILES string of the molecule is CN1CCN(c2ccc(NC(=O)c3cc4c(cc3Br)OCCO4)cc2)CC1. The molecule has 1 saturated heterocycles. The van der Waals surface area contributed by atoms with Gasteiger partial charge in [-0.25, -0.2) is 0 Å². The number of rotatable bonds is 3. The summed E-state index contributed by atoms with van der Waals surface area (Å²) in [5, 5.41) is 2.95. The third-order valence-electron chi connectivity index (χ3n) is 4.87. The molecule has 0 atom stereocenters. The fourth-order valence-electron chi connectivity index (χ4n) is 3.26. The van der Waals surface area contributed by atoms with Gasteiger partial charge >= 0.3 is 0 Å². The van der Waals surface area contributed by atoms with Crippen molar-refractivity contribution in [2.24, 2.45) is 0 Å². The van der Waals surface area contributed by atoms with E-state index in [-0.39, 0.29) is 5.91 Å². The lowest BCUT2D eigenvalue weighted by Gasteiger charge is -2.34. The Morgan fingerprint density at radius 3 is 2.30 bits per heavy atom. The second kappa shape index (κ2) is 7.78. The summed E-state index contributed by atoms with van der Waals surface area (Å²) in [6, 6.07) is 11.5. The molecule has 0 spiro atoms. The largest absolute Gasteiger partial charge is 0.486 e. The van der Waals surface area contributed by atoms with Crippen molar-refractivity contribution in [1.82, 2.24) is 4.90 Å². The number of fused-ring (bicyclic) bond motifs is 1. The Balaban J connectivity index is 1.45. The van der Waals surface area contributed by atoms with E-state index < -0.39 is 0 Å². The second-order valence-corrected chi connectivity index (χ2v) is 7.62. The highest BCUT2D eigenvalue weighted by molar-refractivity contribution is 9.10. The predicted molar refractivity (Wildman–Crippen MR) is 109 cm³/mol. The molecule has 0 aromatic heterocycles. The van der Waals surface area contributed by atoms with Gasteiger partial charge in [-0.3, -0.25) is 4.79 Å². The number of nitrogens with zero attached hydrogens (tertiary/aromatic N) is 2. The molecule has 1 N–H and O–H groups in total. The Bertz CT molecular complexity index is 833. The maximum atomic E-state index is 12.7. The van der Waals surface area contributed by atoms with Gasteiger partial charge in [0.1, 0.15) is 13.2 Å². The van der Waals surface area contributed by atoms with Crippen LogP contribution < -0.4 is 19.7 Å². The van der Waals surface area contributed by atoms with E-state index in [0.29, 0.717) is 34.7 Å². The average molecular weight is 432 g/mol. The van der Waals surface area contributed by atoms with Crippen LogP contribution >= 0.6 is 15.9 Å². The van der Waals surface area contributed by atoms with Crippen molar-refractivity contribution >= 4 is 33.2 Å². The smallest absolute Gasteiger partial charge is 0.256 e. The molecule has 27 heavy (non-hydrogen) atoms. The number of carbonyl (C=O) groups is 1. The van der Waals surface area contributed by atoms with Gasteiger partial charge in [0.15, 0.2) is 11.5 Å². The molecule has 1 amide bonds. The van der Waals surface area contributed by atoms with Crippen molar-refractivity contribution in [3.05, 3.63) is 46.4 Å². The van der Waals surface area contributed by atoms with Crippen molar-refractivity contribution < 1.29 is 14.3 Å². The van der Waals surface area contributed by atoms with E-state index in [2.05, 4.69) is 50.2 Å². The van der Waals surface area contributed by atoms with E-state index in [1.807, 2.05) is 12.1 Å². The van der Waals surface area contributed by atoms with Crippen LogP contribution in [0.3, 0.4) is 0 Å². The van der Waals surface area contributed by atoms with Crippen molar-refractivity contribution in [2.45, 2.75) is 0 Å². The Labute approximate surface area is 167 Å². The van der Waals surface area contributed by atoms with Gasteiger partial charge in [0.05, 0.1) is 5.56 Å². The van der Waals surface area contributed by atoms with E-state index in [9.17, 15) is 4.79 Å². The summed E-state index contributed by atoms with van der Waals surface area (Å²) >= 11 is 3.45.